The van der Waals surface area contributed by atoms with E-state index in [9.17, 15) is 22.8 Å². The molecule has 0 aliphatic carbocycles. The van der Waals surface area contributed by atoms with Gasteiger partial charge in [-0.1, -0.05) is 18.2 Å². The maximum atomic E-state index is 12.6. The van der Waals surface area contributed by atoms with E-state index in [1.54, 1.807) is 24.3 Å². The number of rotatable bonds is 8. The van der Waals surface area contributed by atoms with Gasteiger partial charge >= 0.3 is 0 Å². The molecule has 0 bridgehead atoms. The Bertz CT molecular complexity index is 1420. The van der Waals surface area contributed by atoms with E-state index >= 15 is 0 Å². The average molecular weight is 495 g/mol. The van der Waals surface area contributed by atoms with Gasteiger partial charge in [0.2, 0.25) is 16.1 Å². The van der Waals surface area contributed by atoms with Crippen molar-refractivity contribution >= 4 is 50.4 Å². The van der Waals surface area contributed by atoms with Gasteiger partial charge in [-0.2, -0.15) is 10.2 Å². The minimum atomic E-state index is -3.93. The minimum absolute atomic E-state index is 0.149. The van der Waals surface area contributed by atoms with Crippen LogP contribution in [-0.2, 0) is 19.6 Å². The summed E-state index contributed by atoms with van der Waals surface area (Å²) in [4.78, 5) is 37.0. The van der Waals surface area contributed by atoms with Gasteiger partial charge in [0.05, 0.1) is 10.6 Å². The summed E-state index contributed by atoms with van der Waals surface area (Å²) in [6, 6.07) is 16.5. The number of sulfonamides is 1. The fourth-order valence-corrected chi connectivity index (χ4v) is 3.49. The highest BCUT2D eigenvalue weighted by Gasteiger charge is 2.23. The molecule has 0 aliphatic rings. The Morgan fingerprint density at radius 3 is 2.20 bits per heavy atom. The third-order valence-electron chi connectivity index (χ3n) is 4.61. The van der Waals surface area contributed by atoms with E-state index < -0.39 is 33.7 Å². The monoisotopic (exact) mass is 494 g/mol. The minimum Gasteiger partial charge on any atom is -0.399 e. The van der Waals surface area contributed by atoms with Crippen LogP contribution in [0.1, 0.15) is 17.3 Å². The summed E-state index contributed by atoms with van der Waals surface area (Å²) in [6.07, 6.45) is 0. The number of carbonyl (C=O) groups is 3. The van der Waals surface area contributed by atoms with E-state index in [2.05, 4.69) is 20.9 Å². The van der Waals surface area contributed by atoms with Crippen molar-refractivity contribution in [3.63, 3.8) is 0 Å². The molecule has 6 N–H and O–H groups in total. The predicted molar refractivity (Wildman–Crippen MR) is 131 cm³/mol. The lowest BCUT2D eigenvalue weighted by molar-refractivity contribution is -0.126. The first kappa shape index (κ1) is 25.2. The zero-order chi connectivity index (χ0) is 25.6. The second-order valence-electron chi connectivity index (χ2n) is 7.42. The third-order valence-corrected chi connectivity index (χ3v) is 5.52. The zero-order valence-corrected chi connectivity index (χ0v) is 19.3. The average Bonchev–Trinajstić information content (AvgIpc) is 2.79. The molecule has 3 aromatic rings. The number of nitrogens with one attached hydrogen (secondary N) is 2. The van der Waals surface area contributed by atoms with Crippen molar-refractivity contribution in [1.82, 2.24) is 0 Å². The number of hydrogen-bond acceptors (Lipinski definition) is 8. The molecule has 0 radical (unpaired) electrons. The second kappa shape index (κ2) is 10.7. The Kier molecular flexibility index (Phi) is 7.69. The first-order chi connectivity index (χ1) is 16.5. The summed E-state index contributed by atoms with van der Waals surface area (Å²) in [5.41, 5.74) is 7.17. The maximum Gasteiger partial charge on any atom is 0.258 e. The van der Waals surface area contributed by atoms with E-state index in [1.807, 2.05) is 0 Å². The molecule has 0 aromatic heterocycles. The molecule has 0 fully saturated rings. The number of amides is 2. The molecule has 35 heavy (non-hydrogen) atoms. The van der Waals surface area contributed by atoms with E-state index in [-0.39, 0.29) is 21.8 Å². The van der Waals surface area contributed by atoms with Gasteiger partial charge in [-0.15, -0.1) is 0 Å². The Labute approximate surface area is 201 Å². The van der Waals surface area contributed by atoms with Gasteiger partial charge in [0.15, 0.2) is 5.78 Å². The highest BCUT2D eigenvalue weighted by molar-refractivity contribution is 7.89. The van der Waals surface area contributed by atoms with Crippen molar-refractivity contribution in [2.24, 2.45) is 15.4 Å². The lowest BCUT2D eigenvalue weighted by atomic mass is 10.2. The fraction of sp³-hybridized carbons (Fsp3) is 0.0870. The SMILES string of the molecule is CC(=O)C(N=Nc1cccc(C(=O)Nc2cccc(S(N)(=O)=O)c2)c1)C(=O)Nc1cccc(N)c1. The molecule has 0 saturated carbocycles. The molecule has 2 amide bonds. The highest BCUT2D eigenvalue weighted by Crippen LogP contribution is 2.19. The van der Waals surface area contributed by atoms with Gasteiger partial charge in [-0.05, 0) is 61.5 Å². The summed E-state index contributed by atoms with van der Waals surface area (Å²) in [5, 5.41) is 18.1. The third kappa shape index (κ3) is 7.03. The number of azo groups is 1. The van der Waals surface area contributed by atoms with Gasteiger partial charge in [-0.3, -0.25) is 14.4 Å². The molecule has 1 unspecified atom stereocenters. The molecule has 0 spiro atoms. The van der Waals surface area contributed by atoms with E-state index in [1.165, 1.54) is 55.5 Å². The zero-order valence-electron chi connectivity index (χ0n) is 18.5. The van der Waals surface area contributed by atoms with Gasteiger partial charge < -0.3 is 16.4 Å². The Morgan fingerprint density at radius 2 is 1.54 bits per heavy atom. The molecule has 3 aromatic carbocycles. The summed E-state index contributed by atoms with van der Waals surface area (Å²) in [7, 11) is -3.93. The number of primary sulfonamides is 1. The van der Waals surface area contributed by atoms with Crippen LogP contribution < -0.4 is 21.5 Å². The molecule has 1 atom stereocenters. The van der Waals surface area contributed by atoms with Crippen LogP contribution in [-0.4, -0.2) is 32.1 Å². The molecule has 0 heterocycles. The summed E-state index contributed by atoms with van der Waals surface area (Å²) in [5.74, 6) is -1.76. The van der Waals surface area contributed by atoms with Gasteiger partial charge in [0.25, 0.3) is 11.8 Å². The lowest BCUT2D eigenvalue weighted by Crippen LogP contribution is -2.31. The van der Waals surface area contributed by atoms with Crippen LogP contribution in [0.4, 0.5) is 22.7 Å². The van der Waals surface area contributed by atoms with Gasteiger partial charge in [-0.25, -0.2) is 13.6 Å². The molecule has 0 aliphatic heterocycles. The molecule has 0 saturated heterocycles. The van der Waals surface area contributed by atoms with Crippen molar-refractivity contribution in [2.45, 2.75) is 17.9 Å². The quantitative estimate of drug-likeness (QED) is 0.212. The van der Waals surface area contributed by atoms with Crippen LogP contribution in [0.5, 0.6) is 0 Å². The van der Waals surface area contributed by atoms with E-state index in [0.29, 0.717) is 11.4 Å². The first-order valence-electron chi connectivity index (χ1n) is 10.1. The number of anilines is 3. The lowest BCUT2D eigenvalue weighted by Gasteiger charge is -2.10. The number of carbonyl (C=O) groups excluding carboxylic acids is 3. The van der Waals surface area contributed by atoms with Crippen LogP contribution in [0.15, 0.2) is 87.9 Å². The highest BCUT2D eigenvalue weighted by atomic mass is 32.2. The summed E-state index contributed by atoms with van der Waals surface area (Å²) in [6.45, 7) is 1.21. The maximum absolute atomic E-state index is 12.6. The number of Topliss-reactive ketones (excluding diaryl/α,β-unsaturated/α-hetero) is 1. The Balaban J connectivity index is 1.74. The van der Waals surface area contributed by atoms with Crippen LogP contribution in [0.3, 0.4) is 0 Å². The standard InChI is InChI=1S/C23H22N6O5S/c1-14(30)21(23(32)27-17-7-3-6-16(24)12-17)29-28-19-9-2-5-15(11-19)22(31)26-18-8-4-10-20(13-18)35(25,33)34/h2-13,21H,24H2,1H3,(H,26,31)(H,27,32)(H2,25,33,34). The van der Waals surface area contributed by atoms with Crippen molar-refractivity contribution < 1.29 is 22.8 Å². The number of nitrogens with zero attached hydrogens (tertiary/aromatic N) is 2. The Morgan fingerprint density at radius 1 is 0.886 bits per heavy atom. The van der Waals surface area contributed by atoms with Crippen molar-refractivity contribution in [3.05, 3.63) is 78.4 Å². The van der Waals surface area contributed by atoms with Crippen molar-refractivity contribution in [2.75, 3.05) is 16.4 Å². The molecule has 12 heteroatoms. The first-order valence-corrected chi connectivity index (χ1v) is 11.7. The second-order valence-corrected chi connectivity index (χ2v) is 8.98. The summed E-state index contributed by atoms with van der Waals surface area (Å²) >= 11 is 0. The predicted octanol–water partition coefficient (Wildman–Crippen LogP) is 2.85. The number of ketones is 1. The smallest absolute Gasteiger partial charge is 0.258 e. The number of nitrogens with two attached hydrogens (primary N) is 2. The molecule has 180 valence electrons. The van der Waals surface area contributed by atoms with Crippen LogP contribution in [0.25, 0.3) is 0 Å². The number of benzene rings is 3. The number of hydrogen-bond donors (Lipinski definition) is 4. The van der Waals surface area contributed by atoms with E-state index in [4.69, 9.17) is 10.9 Å². The van der Waals surface area contributed by atoms with Crippen molar-refractivity contribution in [3.8, 4) is 0 Å². The van der Waals surface area contributed by atoms with Gasteiger partial charge in [0, 0.05) is 22.6 Å². The fourth-order valence-electron chi connectivity index (χ4n) is 2.93. The normalized spacial score (nSPS) is 12.2. The van der Waals surface area contributed by atoms with Gasteiger partial charge in [0.1, 0.15) is 0 Å². The van der Waals surface area contributed by atoms with Crippen LogP contribution >= 0.6 is 0 Å². The topological polar surface area (TPSA) is 186 Å². The molecule has 11 nitrogen and oxygen atoms in total. The van der Waals surface area contributed by atoms with Crippen molar-refractivity contribution in [1.29, 1.82) is 0 Å². The largest absolute Gasteiger partial charge is 0.399 e. The Hall–Kier alpha value is -4.42. The number of nitrogen functional groups attached to an aromatic ring is 1. The molecule has 3 rings (SSSR count). The molecular weight excluding hydrogens is 472 g/mol. The van der Waals surface area contributed by atoms with Crippen LogP contribution in [0, 0.1) is 0 Å². The summed E-state index contributed by atoms with van der Waals surface area (Å²) < 4.78 is 23.0. The van der Waals surface area contributed by atoms with E-state index in [0.717, 1.165) is 0 Å². The molecular formula is C23H22N6O5S. The van der Waals surface area contributed by atoms with Crippen LogP contribution in [0.2, 0.25) is 0 Å².